The van der Waals surface area contributed by atoms with Crippen LogP contribution in [0.15, 0.2) is 83.8 Å². The molecule has 0 fully saturated rings. The lowest BCUT2D eigenvalue weighted by Gasteiger charge is -2.11. The highest BCUT2D eigenvalue weighted by Gasteiger charge is 2.17. The van der Waals surface area contributed by atoms with Gasteiger partial charge in [-0.05, 0) is 68.3 Å². The van der Waals surface area contributed by atoms with E-state index in [2.05, 4.69) is 28.9 Å². The summed E-state index contributed by atoms with van der Waals surface area (Å²) in [4.78, 5) is 24.8. The zero-order chi connectivity index (χ0) is 22.0. The van der Waals surface area contributed by atoms with Gasteiger partial charge in [-0.3, -0.25) is 9.59 Å². The van der Waals surface area contributed by atoms with Crippen LogP contribution >= 0.6 is 0 Å². The Morgan fingerprint density at radius 3 is 2.39 bits per heavy atom. The number of carbonyl (C=O) groups excluding carboxylic acids is 1. The number of rotatable bonds is 5. The third-order valence-electron chi connectivity index (χ3n) is 5.40. The average Bonchev–Trinajstić information content (AvgIpc) is 3.05. The van der Waals surface area contributed by atoms with Gasteiger partial charge in [0.25, 0.3) is 11.5 Å². The number of carbonyl (C=O) groups is 1. The van der Waals surface area contributed by atoms with Crippen molar-refractivity contribution in [3.8, 4) is 5.69 Å². The van der Waals surface area contributed by atoms with E-state index in [1.54, 1.807) is 22.9 Å². The van der Waals surface area contributed by atoms with Crippen molar-refractivity contribution in [3.05, 3.63) is 117 Å². The number of hydrogen-bond acceptors (Lipinski definition) is 2. The molecule has 0 aliphatic heterocycles. The summed E-state index contributed by atoms with van der Waals surface area (Å²) in [5.74, 6) is -0.140. The van der Waals surface area contributed by atoms with E-state index in [9.17, 15) is 9.59 Å². The number of nitrogens with one attached hydrogen (secondary N) is 1. The van der Waals surface area contributed by atoms with Gasteiger partial charge in [0.15, 0.2) is 0 Å². The number of aromatic nitrogens is 2. The molecular weight excluding hydrogens is 386 g/mol. The first kappa shape index (κ1) is 20.4. The molecule has 4 aromatic rings. The van der Waals surface area contributed by atoms with Crippen LogP contribution in [0.2, 0.25) is 0 Å². The number of amides is 1. The van der Waals surface area contributed by atoms with Crippen LogP contribution in [0.3, 0.4) is 0 Å². The normalized spacial score (nSPS) is 10.8. The largest absolute Gasteiger partial charge is 0.322 e. The Hall–Kier alpha value is -3.86. The smallest absolute Gasteiger partial charge is 0.257 e. The molecule has 0 unspecified atom stereocenters. The molecule has 2 aromatic heterocycles. The van der Waals surface area contributed by atoms with Crippen molar-refractivity contribution in [2.45, 2.75) is 27.3 Å². The monoisotopic (exact) mass is 411 g/mol. The zero-order valence-corrected chi connectivity index (χ0v) is 17.9. The molecule has 4 rings (SSSR count). The van der Waals surface area contributed by atoms with Crippen LogP contribution in [0.5, 0.6) is 0 Å². The SMILES string of the molecule is Cc1cccc(-n2c(C)cc(C(=O)Nc3ccc(Cn4ccccc4=O)cc3)c2C)c1. The Bertz CT molecular complexity index is 1300. The van der Waals surface area contributed by atoms with Crippen LogP contribution in [-0.2, 0) is 6.54 Å². The van der Waals surface area contributed by atoms with Gasteiger partial charge in [-0.15, -0.1) is 0 Å². The van der Waals surface area contributed by atoms with E-state index in [0.717, 1.165) is 28.3 Å². The number of pyridine rings is 1. The fourth-order valence-electron chi connectivity index (χ4n) is 3.84. The maximum atomic E-state index is 12.9. The predicted octanol–water partition coefficient (Wildman–Crippen LogP) is 4.86. The molecule has 31 heavy (non-hydrogen) atoms. The topological polar surface area (TPSA) is 56.0 Å². The van der Waals surface area contributed by atoms with Gasteiger partial charge in [0.1, 0.15) is 0 Å². The van der Waals surface area contributed by atoms with Crippen LogP contribution in [0.4, 0.5) is 5.69 Å². The first-order valence-corrected chi connectivity index (χ1v) is 10.2. The highest BCUT2D eigenvalue weighted by Crippen LogP contribution is 2.22. The summed E-state index contributed by atoms with van der Waals surface area (Å²) in [5.41, 5.74) is 6.46. The fourth-order valence-corrected chi connectivity index (χ4v) is 3.84. The number of nitrogens with zero attached hydrogens (tertiary/aromatic N) is 2. The second kappa shape index (κ2) is 8.48. The maximum absolute atomic E-state index is 12.9. The van der Waals surface area contributed by atoms with Crippen molar-refractivity contribution < 1.29 is 4.79 Å². The van der Waals surface area contributed by atoms with Crippen molar-refractivity contribution >= 4 is 11.6 Å². The van der Waals surface area contributed by atoms with E-state index < -0.39 is 0 Å². The molecule has 0 bridgehead atoms. The lowest BCUT2D eigenvalue weighted by atomic mass is 10.2. The van der Waals surface area contributed by atoms with Crippen molar-refractivity contribution in [1.29, 1.82) is 0 Å². The molecular formula is C26H25N3O2. The molecule has 0 saturated carbocycles. The van der Waals surface area contributed by atoms with Crippen LogP contribution in [-0.4, -0.2) is 15.0 Å². The average molecular weight is 412 g/mol. The number of anilines is 1. The summed E-state index contributed by atoms with van der Waals surface area (Å²) in [6, 6.07) is 22.8. The Labute approximate surface area is 181 Å². The number of hydrogen-bond donors (Lipinski definition) is 1. The number of benzene rings is 2. The summed E-state index contributed by atoms with van der Waals surface area (Å²) in [5, 5.41) is 2.98. The van der Waals surface area contributed by atoms with E-state index in [1.165, 1.54) is 5.56 Å². The number of aryl methyl sites for hydroxylation is 2. The lowest BCUT2D eigenvalue weighted by Crippen LogP contribution is -2.18. The van der Waals surface area contributed by atoms with Crippen molar-refractivity contribution in [2.75, 3.05) is 5.32 Å². The summed E-state index contributed by atoms with van der Waals surface area (Å²) >= 11 is 0. The standard InChI is InChI=1S/C26H25N3O2/c1-18-7-6-8-23(15-18)29-19(2)16-24(20(29)3)26(31)27-22-12-10-21(11-13-22)17-28-14-5-4-9-25(28)30/h4-16H,17H2,1-3H3,(H,27,31). The molecule has 5 nitrogen and oxygen atoms in total. The zero-order valence-electron chi connectivity index (χ0n) is 17.9. The molecule has 0 atom stereocenters. The van der Waals surface area contributed by atoms with E-state index in [4.69, 9.17) is 0 Å². The molecule has 5 heteroatoms. The predicted molar refractivity (Wildman–Crippen MR) is 124 cm³/mol. The molecule has 1 amide bonds. The van der Waals surface area contributed by atoms with Gasteiger partial charge in [-0.25, -0.2) is 0 Å². The first-order valence-electron chi connectivity index (χ1n) is 10.2. The highest BCUT2D eigenvalue weighted by atomic mass is 16.1. The molecule has 0 aliphatic carbocycles. The minimum Gasteiger partial charge on any atom is -0.322 e. The summed E-state index contributed by atoms with van der Waals surface area (Å²) in [6.07, 6.45) is 1.77. The van der Waals surface area contributed by atoms with Gasteiger partial charge < -0.3 is 14.5 Å². The second-order valence-corrected chi connectivity index (χ2v) is 7.78. The third-order valence-corrected chi connectivity index (χ3v) is 5.40. The van der Waals surface area contributed by atoms with E-state index in [1.807, 2.05) is 62.4 Å². The highest BCUT2D eigenvalue weighted by molar-refractivity contribution is 6.05. The van der Waals surface area contributed by atoms with E-state index >= 15 is 0 Å². The summed E-state index contributed by atoms with van der Waals surface area (Å²) < 4.78 is 3.75. The van der Waals surface area contributed by atoms with Crippen LogP contribution in [0.25, 0.3) is 5.69 Å². The molecule has 0 radical (unpaired) electrons. The van der Waals surface area contributed by atoms with Crippen LogP contribution < -0.4 is 10.9 Å². The van der Waals surface area contributed by atoms with E-state index in [0.29, 0.717) is 12.1 Å². The van der Waals surface area contributed by atoms with Gasteiger partial charge >= 0.3 is 0 Å². The molecule has 156 valence electrons. The van der Waals surface area contributed by atoms with Gasteiger partial charge in [-0.2, -0.15) is 0 Å². The molecule has 0 spiro atoms. The fraction of sp³-hybridized carbons (Fsp3) is 0.154. The summed E-state index contributed by atoms with van der Waals surface area (Å²) in [7, 11) is 0. The Balaban J connectivity index is 1.52. The summed E-state index contributed by atoms with van der Waals surface area (Å²) in [6.45, 7) is 6.52. The van der Waals surface area contributed by atoms with Crippen molar-refractivity contribution in [3.63, 3.8) is 0 Å². The van der Waals surface area contributed by atoms with Crippen molar-refractivity contribution in [2.24, 2.45) is 0 Å². The molecule has 0 aliphatic rings. The van der Waals surface area contributed by atoms with Crippen molar-refractivity contribution in [1.82, 2.24) is 9.13 Å². The van der Waals surface area contributed by atoms with E-state index in [-0.39, 0.29) is 11.5 Å². The molecule has 2 aromatic carbocycles. The quantitative estimate of drug-likeness (QED) is 0.510. The first-order chi connectivity index (χ1) is 14.9. The molecule has 2 heterocycles. The molecule has 1 N–H and O–H groups in total. The van der Waals surface area contributed by atoms with Crippen LogP contribution in [0.1, 0.15) is 32.9 Å². The van der Waals surface area contributed by atoms with Gasteiger partial charge in [0.05, 0.1) is 12.1 Å². The van der Waals surface area contributed by atoms with Gasteiger partial charge in [0, 0.05) is 35.0 Å². The Morgan fingerprint density at radius 2 is 1.68 bits per heavy atom. The minimum absolute atomic E-state index is 0.0381. The maximum Gasteiger partial charge on any atom is 0.257 e. The van der Waals surface area contributed by atoms with Gasteiger partial charge in [-0.1, -0.05) is 30.3 Å². The second-order valence-electron chi connectivity index (χ2n) is 7.78. The van der Waals surface area contributed by atoms with Crippen LogP contribution in [0, 0.1) is 20.8 Å². The molecule has 0 saturated heterocycles. The van der Waals surface area contributed by atoms with Gasteiger partial charge in [0.2, 0.25) is 0 Å². The lowest BCUT2D eigenvalue weighted by molar-refractivity contribution is 0.102. The Kier molecular flexibility index (Phi) is 5.58. The minimum atomic E-state index is -0.140. The third kappa shape index (κ3) is 4.36. The Morgan fingerprint density at radius 1 is 0.903 bits per heavy atom.